The van der Waals surface area contributed by atoms with Crippen LogP contribution in [-0.4, -0.2) is 0 Å². The van der Waals surface area contributed by atoms with Crippen LogP contribution in [0.15, 0.2) is 0 Å². The van der Waals surface area contributed by atoms with Crippen LogP contribution in [-0.2, 0) is 0 Å². The molecule has 5 unspecified atom stereocenters. The van der Waals surface area contributed by atoms with Gasteiger partial charge < -0.3 is 0 Å². The molecule has 0 aromatic carbocycles. The molecule has 0 aromatic rings. The van der Waals surface area contributed by atoms with Gasteiger partial charge >= 0.3 is 0 Å². The summed E-state index contributed by atoms with van der Waals surface area (Å²) < 4.78 is 0. The molecular weight excluding hydrogens is 216 g/mol. The summed E-state index contributed by atoms with van der Waals surface area (Å²) in [5, 5.41) is 0. The van der Waals surface area contributed by atoms with Crippen molar-refractivity contribution in [2.75, 3.05) is 0 Å². The molecule has 18 heavy (non-hydrogen) atoms. The number of hydrogen-bond acceptors (Lipinski definition) is 0. The summed E-state index contributed by atoms with van der Waals surface area (Å²) in [5.74, 6) is 5.37. The summed E-state index contributed by atoms with van der Waals surface area (Å²) in [5.41, 5.74) is 0. The van der Waals surface area contributed by atoms with Crippen molar-refractivity contribution in [3.63, 3.8) is 0 Å². The highest BCUT2D eigenvalue weighted by Gasteiger charge is 2.36. The van der Waals surface area contributed by atoms with Gasteiger partial charge in [0.1, 0.15) is 0 Å². The second-order valence-electron chi connectivity index (χ2n) is 7.32. The van der Waals surface area contributed by atoms with Crippen molar-refractivity contribution in [2.45, 2.75) is 85.0 Å². The van der Waals surface area contributed by atoms with E-state index in [1.807, 2.05) is 0 Å². The average Bonchev–Trinajstić information content (AvgIpc) is 2.99. The first-order valence-corrected chi connectivity index (χ1v) is 8.74. The molecule has 2 fully saturated rings. The van der Waals surface area contributed by atoms with Crippen LogP contribution in [0, 0.1) is 29.6 Å². The highest BCUT2D eigenvalue weighted by atomic mass is 14.4. The Hall–Kier alpha value is 0. The molecule has 106 valence electrons. The maximum atomic E-state index is 2.46. The molecule has 0 saturated heterocycles. The molecule has 0 N–H and O–H groups in total. The van der Waals surface area contributed by atoms with E-state index in [0.717, 1.165) is 29.6 Å². The minimum Gasteiger partial charge on any atom is -0.0654 e. The van der Waals surface area contributed by atoms with Gasteiger partial charge in [0.05, 0.1) is 0 Å². The fourth-order valence-electron chi connectivity index (χ4n) is 4.83. The normalized spacial score (nSPS) is 38.2. The topological polar surface area (TPSA) is 0 Å². The van der Waals surface area contributed by atoms with Crippen molar-refractivity contribution in [3.8, 4) is 0 Å². The highest BCUT2D eigenvalue weighted by molar-refractivity contribution is 4.87. The van der Waals surface area contributed by atoms with Gasteiger partial charge in [-0.1, -0.05) is 52.9 Å². The SMILES string of the molecule is CCCCC(CC)C1CCC(C2CCC(C)C2)C1. The van der Waals surface area contributed by atoms with Crippen LogP contribution < -0.4 is 0 Å². The van der Waals surface area contributed by atoms with Gasteiger partial charge in [-0.3, -0.25) is 0 Å². The van der Waals surface area contributed by atoms with Gasteiger partial charge in [0.2, 0.25) is 0 Å². The van der Waals surface area contributed by atoms with Gasteiger partial charge in [-0.2, -0.15) is 0 Å². The molecule has 0 radical (unpaired) electrons. The Morgan fingerprint density at radius 1 is 0.944 bits per heavy atom. The molecule has 0 aromatic heterocycles. The summed E-state index contributed by atoms with van der Waals surface area (Å²) >= 11 is 0. The average molecular weight is 250 g/mol. The van der Waals surface area contributed by atoms with Crippen molar-refractivity contribution >= 4 is 0 Å². The molecule has 0 spiro atoms. The lowest BCUT2D eigenvalue weighted by molar-refractivity contribution is 0.269. The fourth-order valence-corrected chi connectivity index (χ4v) is 4.83. The van der Waals surface area contributed by atoms with Gasteiger partial charge in [-0.25, -0.2) is 0 Å². The molecule has 0 heteroatoms. The first-order valence-electron chi connectivity index (χ1n) is 8.74. The zero-order valence-corrected chi connectivity index (χ0v) is 13.0. The Morgan fingerprint density at radius 3 is 2.28 bits per heavy atom. The summed E-state index contributed by atoms with van der Waals surface area (Å²) in [6.07, 6.45) is 15.1. The number of hydrogen-bond donors (Lipinski definition) is 0. The largest absolute Gasteiger partial charge is 0.0654 e. The summed E-state index contributed by atoms with van der Waals surface area (Å²) in [4.78, 5) is 0. The van der Waals surface area contributed by atoms with Gasteiger partial charge in [-0.05, 0) is 61.7 Å². The van der Waals surface area contributed by atoms with Crippen LogP contribution in [0.2, 0.25) is 0 Å². The van der Waals surface area contributed by atoms with E-state index in [2.05, 4.69) is 20.8 Å². The van der Waals surface area contributed by atoms with E-state index in [1.54, 1.807) is 32.1 Å². The third kappa shape index (κ3) is 3.52. The summed E-state index contributed by atoms with van der Waals surface area (Å²) in [7, 11) is 0. The smallest absolute Gasteiger partial charge is 0.0383 e. The first-order chi connectivity index (χ1) is 8.74. The lowest BCUT2D eigenvalue weighted by Crippen LogP contribution is -2.14. The van der Waals surface area contributed by atoms with Gasteiger partial charge in [0.15, 0.2) is 0 Å². The summed E-state index contributed by atoms with van der Waals surface area (Å²) in [6.45, 7) is 7.22. The van der Waals surface area contributed by atoms with E-state index < -0.39 is 0 Å². The molecule has 5 atom stereocenters. The van der Waals surface area contributed by atoms with Gasteiger partial charge in [0, 0.05) is 0 Å². The Bertz CT molecular complexity index is 232. The monoisotopic (exact) mass is 250 g/mol. The third-order valence-electron chi connectivity index (χ3n) is 6.04. The Morgan fingerprint density at radius 2 is 1.67 bits per heavy atom. The number of unbranched alkanes of at least 4 members (excludes halogenated alkanes) is 1. The predicted molar refractivity (Wildman–Crippen MR) is 80.6 cm³/mol. The third-order valence-corrected chi connectivity index (χ3v) is 6.04. The molecular formula is C18H34. The Kier molecular flexibility index (Phi) is 5.57. The van der Waals surface area contributed by atoms with Crippen LogP contribution >= 0.6 is 0 Å². The van der Waals surface area contributed by atoms with Crippen LogP contribution in [0.5, 0.6) is 0 Å². The van der Waals surface area contributed by atoms with E-state index in [-0.39, 0.29) is 0 Å². The molecule has 2 aliphatic carbocycles. The zero-order valence-electron chi connectivity index (χ0n) is 13.0. The van der Waals surface area contributed by atoms with Crippen LogP contribution in [0.4, 0.5) is 0 Å². The van der Waals surface area contributed by atoms with E-state index in [1.165, 1.54) is 32.1 Å². The first kappa shape index (κ1) is 14.4. The van der Waals surface area contributed by atoms with Crippen LogP contribution in [0.3, 0.4) is 0 Å². The molecule has 0 nitrogen and oxygen atoms in total. The molecule has 0 bridgehead atoms. The second-order valence-corrected chi connectivity index (χ2v) is 7.32. The summed E-state index contributed by atoms with van der Waals surface area (Å²) in [6, 6.07) is 0. The fraction of sp³-hybridized carbons (Fsp3) is 1.00. The van der Waals surface area contributed by atoms with E-state index in [4.69, 9.17) is 0 Å². The predicted octanol–water partition coefficient (Wildman–Crippen LogP) is 6.06. The Labute approximate surface area is 115 Å². The van der Waals surface area contributed by atoms with Gasteiger partial charge in [-0.15, -0.1) is 0 Å². The van der Waals surface area contributed by atoms with Crippen molar-refractivity contribution in [1.82, 2.24) is 0 Å². The highest BCUT2D eigenvalue weighted by Crippen LogP contribution is 2.47. The zero-order chi connectivity index (χ0) is 13.0. The van der Waals surface area contributed by atoms with Crippen molar-refractivity contribution in [1.29, 1.82) is 0 Å². The minimum absolute atomic E-state index is 1.02. The van der Waals surface area contributed by atoms with Crippen LogP contribution in [0.1, 0.15) is 85.0 Å². The van der Waals surface area contributed by atoms with E-state index in [9.17, 15) is 0 Å². The molecule has 0 amide bonds. The standard InChI is InChI=1S/C18H34/c1-4-6-7-15(5-2)17-10-11-18(13-17)16-9-8-14(3)12-16/h14-18H,4-13H2,1-3H3. The second kappa shape index (κ2) is 6.96. The molecule has 0 aliphatic heterocycles. The van der Waals surface area contributed by atoms with Crippen LogP contribution in [0.25, 0.3) is 0 Å². The quantitative estimate of drug-likeness (QED) is 0.538. The molecule has 2 aliphatic rings. The molecule has 2 rings (SSSR count). The lowest BCUT2D eigenvalue weighted by atomic mass is 9.82. The van der Waals surface area contributed by atoms with E-state index in [0.29, 0.717) is 0 Å². The maximum Gasteiger partial charge on any atom is -0.0383 e. The lowest BCUT2D eigenvalue weighted by Gasteiger charge is -2.24. The minimum atomic E-state index is 1.02. The van der Waals surface area contributed by atoms with E-state index >= 15 is 0 Å². The van der Waals surface area contributed by atoms with Gasteiger partial charge in [0.25, 0.3) is 0 Å². The Balaban J connectivity index is 1.79. The van der Waals surface area contributed by atoms with Crippen molar-refractivity contribution in [3.05, 3.63) is 0 Å². The molecule has 2 saturated carbocycles. The van der Waals surface area contributed by atoms with Crippen molar-refractivity contribution < 1.29 is 0 Å². The number of rotatable bonds is 6. The molecule has 0 heterocycles. The van der Waals surface area contributed by atoms with Crippen molar-refractivity contribution in [2.24, 2.45) is 29.6 Å². The maximum absolute atomic E-state index is 2.46.